The molecule has 0 spiro atoms. The average molecular weight is 380 g/mol. The van der Waals surface area contributed by atoms with Crippen LogP contribution in [0.4, 0.5) is 5.69 Å². The summed E-state index contributed by atoms with van der Waals surface area (Å²) in [6.45, 7) is 11.2. The second-order valence-electron chi connectivity index (χ2n) is 6.55. The number of methoxy groups -OCH3 is 1. The number of anilines is 1. The van der Waals surface area contributed by atoms with Crippen LogP contribution in [0.1, 0.15) is 43.9 Å². The Morgan fingerprint density at radius 2 is 1.69 bits per heavy atom. The molecule has 0 saturated carbocycles. The van der Waals surface area contributed by atoms with Crippen LogP contribution in [-0.2, 0) is 19.1 Å². The third-order valence-corrected chi connectivity index (χ3v) is 5.77. The largest absolute Gasteiger partial charge is 0.467 e. The lowest BCUT2D eigenvalue weighted by Gasteiger charge is -2.31. The number of benzene rings is 1. The molecule has 5 nitrogen and oxygen atoms in total. The molecule has 0 aliphatic heterocycles. The van der Waals surface area contributed by atoms with Crippen molar-refractivity contribution in [1.82, 2.24) is 0 Å². The number of aryl methyl sites for hydroxylation is 2. The molecule has 26 heavy (non-hydrogen) atoms. The molecule has 0 aromatic heterocycles. The topological polar surface area (TPSA) is 63.7 Å². The molecule has 2 atom stereocenters. The number of amides is 1. The predicted molar refractivity (Wildman–Crippen MR) is 107 cm³/mol. The van der Waals surface area contributed by atoms with Crippen LogP contribution < -0.4 is 4.90 Å². The van der Waals surface area contributed by atoms with Gasteiger partial charge in [0.2, 0.25) is 5.91 Å². The molecule has 144 valence electrons. The van der Waals surface area contributed by atoms with Gasteiger partial charge < -0.3 is 4.74 Å². The number of hydrogen-bond acceptors (Lipinski definition) is 5. The van der Waals surface area contributed by atoms with Gasteiger partial charge in [-0.2, -0.15) is 0 Å². The van der Waals surface area contributed by atoms with Crippen molar-refractivity contribution in [3.05, 3.63) is 28.8 Å². The maximum Gasteiger partial charge on any atom is 0.328 e. The summed E-state index contributed by atoms with van der Waals surface area (Å²) >= 11 is 1.01. The fourth-order valence-corrected chi connectivity index (χ4v) is 3.48. The number of thioether (sulfide) groups is 1. The summed E-state index contributed by atoms with van der Waals surface area (Å²) in [7, 11) is 1.30. The minimum Gasteiger partial charge on any atom is -0.467 e. The Hall–Kier alpha value is -1.82. The molecule has 1 aromatic carbocycles. The SMILES string of the molecule is CCC(C)C(=O)SCC(=O)N(c1c(C)ccc(C)c1C)[C@@H](C)C(=O)OC. The van der Waals surface area contributed by atoms with Gasteiger partial charge in [0.1, 0.15) is 6.04 Å². The lowest BCUT2D eigenvalue weighted by atomic mass is 10.0. The van der Waals surface area contributed by atoms with Gasteiger partial charge in [-0.3, -0.25) is 14.5 Å². The number of carbonyl (C=O) groups is 3. The van der Waals surface area contributed by atoms with E-state index in [-0.39, 0.29) is 22.7 Å². The molecule has 1 rings (SSSR count). The first kappa shape index (κ1) is 22.2. The van der Waals surface area contributed by atoms with Crippen LogP contribution in [0, 0.1) is 26.7 Å². The van der Waals surface area contributed by atoms with Crippen molar-refractivity contribution in [3.63, 3.8) is 0 Å². The van der Waals surface area contributed by atoms with Gasteiger partial charge >= 0.3 is 5.97 Å². The maximum absolute atomic E-state index is 13.0. The number of hydrogen-bond donors (Lipinski definition) is 0. The van der Waals surface area contributed by atoms with Gasteiger partial charge in [0.15, 0.2) is 5.12 Å². The van der Waals surface area contributed by atoms with Gasteiger partial charge in [0.25, 0.3) is 0 Å². The van der Waals surface area contributed by atoms with E-state index < -0.39 is 12.0 Å². The van der Waals surface area contributed by atoms with Crippen molar-refractivity contribution < 1.29 is 19.1 Å². The van der Waals surface area contributed by atoms with E-state index in [4.69, 9.17) is 4.74 Å². The van der Waals surface area contributed by atoms with Gasteiger partial charge in [0, 0.05) is 5.92 Å². The Kier molecular flexibility index (Phi) is 8.34. The van der Waals surface area contributed by atoms with Crippen molar-refractivity contribution in [3.8, 4) is 0 Å². The molecule has 0 N–H and O–H groups in total. The number of nitrogens with zero attached hydrogens (tertiary/aromatic N) is 1. The third-order valence-electron chi connectivity index (χ3n) is 4.70. The predicted octanol–water partition coefficient (Wildman–Crippen LogP) is 3.81. The van der Waals surface area contributed by atoms with Crippen molar-refractivity contribution in [2.24, 2.45) is 5.92 Å². The minimum absolute atomic E-state index is 0.00265. The zero-order valence-corrected chi connectivity index (χ0v) is 17.5. The van der Waals surface area contributed by atoms with Gasteiger partial charge in [-0.15, -0.1) is 0 Å². The van der Waals surface area contributed by atoms with Crippen LogP contribution in [0.25, 0.3) is 0 Å². The van der Waals surface area contributed by atoms with E-state index in [1.165, 1.54) is 12.0 Å². The van der Waals surface area contributed by atoms with E-state index in [0.717, 1.165) is 34.9 Å². The molecule has 0 bridgehead atoms. The standard InChI is InChI=1S/C20H29NO4S/c1-8-12(2)20(24)26-11-17(22)21(16(6)19(23)25-7)18-14(4)10-9-13(3)15(18)5/h9-10,12,16H,8,11H2,1-7H3/t12?,16-/m0/s1. The van der Waals surface area contributed by atoms with Crippen LogP contribution in [0.15, 0.2) is 12.1 Å². The molecule has 0 fully saturated rings. The van der Waals surface area contributed by atoms with Gasteiger partial charge in [-0.25, -0.2) is 4.79 Å². The molecule has 0 heterocycles. The van der Waals surface area contributed by atoms with E-state index in [9.17, 15) is 14.4 Å². The second kappa shape index (κ2) is 9.76. The van der Waals surface area contributed by atoms with E-state index in [2.05, 4.69) is 0 Å². The maximum atomic E-state index is 13.0. The summed E-state index contributed by atoms with van der Waals surface area (Å²) in [5, 5.41) is -0.00999. The highest BCUT2D eigenvalue weighted by atomic mass is 32.2. The number of rotatable bonds is 7. The highest BCUT2D eigenvalue weighted by Gasteiger charge is 2.31. The van der Waals surface area contributed by atoms with E-state index in [0.29, 0.717) is 5.69 Å². The van der Waals surface area contributed by atoms with Crippen LogP contribution in [0.3, 0.4) is 0 Å². The first-order chi connectivity index (χ1) is 12.1. The lowest BCUT2D eigenvalue weighted by molar-refractivity contribution is -0.142. The normalized spacial score (nSPS) is 13.0. The van der Waals surface area contributed by atoms with Gasteiger partial charge in [-0.1, -0.05) is 37.7 Å². The monoisotopic (exact) mass is 379 g/mol. The Balaban J connectivity index is 3.23. The molecule has 0 saturated heterocycles. The molecular formula is C20H29NO4S. The van der Waals surface area contributed by atoms with Gasteiger partial charge in [-0.05, 0) is 50.8 Å². The van der Waals surface area contributed by atoms with Crippen molar-refractivity contribution in [2.75, 3.05) is 17.8 Å². The van der Waals surface area contributed by atoms with Crippen LogP contribution >= 0.6 is 11.8 Å². The highest BCUT2D eigenvalue weighted by Crippen LogP contribution is 2.30. The Labute approximate surface area is 160 Å². The molecule has 1 aromatic rings. The molecular weight excluding hydrogens is 350 g/mol. The Morgan fingerprint density at radius 1 is 1.12 bits per heavy atom. The fourth-order valence-electron chi connectivity index (χ4n) is 2.63. The molecule has 1 unspecified atom stereocenters. The number of esters is 1. The summed E-state index contributed by atoms with van der Waals surface area (Å²) < 4.78 is 4.85. The third kappa shape index (κ3) is 5.10. The smallest absolute Gasteiger partial charge is 0.328 e. The molecule has 6 heteroatoms. The van der Waals surface area contributed by atoms with Crippen LogP contribution in [-0.4, -0.2) is 35.9 Å². The summed E-state index contributed by atoms with van der Waals surface area (Å²) in [6.07, 6.45) is 0.735. The minimum atomic E-state index is -0.772. The van der Waals surface area contributed by atoms with E-state index in [1.807, 2.05) is 46.8 Å². The van der Waals surface area contributed by atoms with E-state index in [1.54, 1.807) is 6.92 Å². The second-order valence-corrected chi connectivity index (χ2v) is 7.53. The summed E-state index contributed by atoms with van der Waals surface area (Å²) in [6, 6.07) is 3.14. The fraction of sp³-hybridized carbons (Fsp3) is 0.550. The molecule has 0 aliphatic rings. The molecule has 0 aliphatic carbocycles. The average Bonchev–Trinajstić information content (AvgIpc) is 2.63. The Bertz CT molecular complexity index is 687. The van der Waals surface area contributed by atoms with Crippen LogP contribution in [0.2, 0.25) is 0 Å². The summed E-state index contributed by atoms with van der Waals surface area (Å²) in [4.78, 5) is 38.7. The number of carbonyl (C=O) groups excluding carboxylic acids is 3. The van der Waals surface area contributed by atoms with Gasteiger partial charge in [0.05, 0.1) is 18.6 Å². The summed E-state index contributed by atoms with van der Waals surface area (Å²) in [5.41, 5.74) is 3.58. The molecule has 0 radical (unpaired) electrons. The summed E-state index contributed by atoms with van der Waals surface area (Å²) in [5.74, 6) is -0.864. The molecule has 1 amide bonds. The van der Waals surface area contributed by atoms with Crippen molar-refractivity contribution >= 4 is 34.4 Å². The zero-order chi connectivity index (χ0) is 20.0. The van der Waals surface area contributed by atoms with Crippen LogP contribution in [0.5, 0.6) is 0 Å². The highest BCUT2D eigenvalue weighted by molar-refractivity contribution is 8.14. The number of ether oxygens (including phenoxy) is 1. The van der Waals surface area contributed by atoms with E-state index >= 15 is 0 Å². The lowest BCUT2D eigenvalue weighted by Crippen LogP contribution is -2.46. The first-order valence-corrected chi connectivity index (χ1v) is 9.77. The van der Waals surface area contributed by atoms with Crippen molar-refractivity contribution in [1.29, 1.82) is 0 Å². The van der Waals surface area contributed by atoms with Crippen molar-refractivity contribution in [2.45, 2.75) is 54.0 Å². The zero-order valence-electron chi connectivity index (χ0n) is 16.7. The quantitative estimate of drug-likeness (QED) is 0.674. The Morgan fingerprint density at radius 3 is 2.23 bits per heavy atom. The first-order valence-electron chi connectivity index (χ1n) is 8.78.